The second-order valence-electron chi connectivity index (χ2n) is 4.57. The number of hydrogen-bond acceptors (Lipinski definition) is 3. The third-order valence-corrected chi connectivity index (χ3v) is 2.94. The molecule has 0 heterocycles. The number of rotatable bonds is 5. The molecule has 2 aromatic carbocycles. The maximum absolute atomic E-state index is 12.1. The zero-order chi connectivity index (χ0) is 15.2. The molecule has 108 valence electrons. The third-order valence-electron chi connectivity index (χ3n) is 2.94. The molecule has 1 amide bonds. The van der Waals surface area contributed by atoms with Crippen molar-refractivity contribution >= 4 is 17.6 Å². The fourth-order valence-corrected chi connectivity index (χ4v) is 1.96. The Morgan fingerprint density at radius 3 is 2.48 bits per heavy atom. The van der Waals surface area contributed by atoms with Crippen molar-refractivity contribution in [2.75, 3.05) is 12.4 Å². The molecule has 5 heteroatoms. The Kier molecular flexibility index (Phi) is 4.68. The quantitative estimate of drug-likeness (QED) is 0.787. The summed E-state index contributed by atoms with van der Waals surface area (Å²) in [4.78, 5) is 23.1. The van der Waals surface area contributed by atoms with E-state index in [2.05, 4.69) is 10.6 Å². The van der Waals surface area contributed by atoms with Gasteiger partial charge in [0.25, 0.3) is 5.91 Å². The van der Waals surface area contributed by atoms with Gasteiger partial charge in [-0.15, -0.1) is 0 Å². The van der Waals surface area contributed by atoms with Crippen LogP contribution in [-0.4, -0.2) is 24.0 Å². The lowest BCUT2D eigenvalue weighted by molar-refractivity contribution is 0.0697. The summed E-state index contributed by atoms with van der Waals surface area (Å²) < 4.78 is 0. The SMILES string of the molecule is CNCc1cccc(NC(=O)c2cccc(C(=O)O)c2)c1. The minimum atomic E-state index is -1.05. The average Bonchev–Trinajstić information content (AvgIpc) is 2.48. The summed E-state index contributed by atoms with van der Waals surface area (Å²) in [7, 11) is 1.85. The molecule has 0 aliphatic carbocycles. The summed E-state index contributed by atoms with van der Waals surface area (Å²) in [5.41, 5.74) is 2.13. The Morgan fingerprint density at radius 2 is 1.76 bits per heavy atom. The van der Waals surface area contributed by atoms with E-state index in [0.29, 0.717) is 17.8 Å². The zero-order valence-electron chi connectivity index (χ0n) is 11.6. The third kappa shape index (κ3) is 3.90. The number of anilines is 1. The van der Waals surface area contributed by atoms with Crippen LogP contribution in [0.4, 0.5) is 5.69 Å². The lowest BCUT2D eigenvalue weighted by atomic mass is 10.1. The highest BCUT2D eigenvalue weighted by Gasteiger charge is 2.09. The largest absolute Gasteiger partial charge is 0.478 e. The molecule has 0 radical (unpaired) electrons. The van der Waals surface area contributed by atoms with E-state index in [9.17, 15) is 9.59 Å². The number of carboxylic acid groups (broad SMARTS) is 1. The van der Waals surface area contributed by atoms with Gasteiger partial charge in [0, 0.05) is 17.8 Å². The maximum Gasteiger partial charge on any atom is 0.335 e. The van der Waals surface area contributed by atoms with Gasteiger partial charge in [-0.3, -0.25) is 4.79 Å². The first-order chi connectivity index (χ1) is 10.1. The van der Waals surface area contributed by atoms with Crippen molar-refractivity contribution in [2.45, 2.75) is 6.54 Å². The van der Waals surface area contributed by atoms with E-state index in [1.165, 1.54) is 12.1 Å². The van der Waals surface area contributed by atoms with Crippen LogP contribution in [0.3, 0.4) is 0 Å². The molecule has 0 spiro atoms. The molecule has 0 saturated carbocycles. The summed E-state index contributed by atoms with van der Waals surface area (Å²) in [6, 6.07) is 13.4. The fraction of sp³-hybridized carbons (Fsp3) is 0.125. The lowest BCUT2D eigenvalue weighted by Crippen LogP contribution is -2.13. The molecule has 0 unspecified atom stereocenters. The molecule has 0 aliphatic heterocycles. The van der Waals surface area contributed by atoms with Crippen LogP contribution in [0.15, 0.2) is 48.5 Å². The van der Waals surface area contributed by atoms with Crippen molar-refractivity contribution in [2.24, 2.45) is 0 Å². The number of hydrogen-bond donors (Lipinski definition) is 3. The molecule has 5 nitrogen and oxygen atoms in total. The Labute approximate surface area is 122 Å². The number of carbonyl (C=O) groups excluding carboxylic acids is 1. The Balaban J connectivity index is 2.16. The summed E-state index contributed by atoms with van der Waals surface area (Å²) in [5, 5.41) is 14.7. The Morgan fingerprint density at radius 1 is 1.05 bits per heavy atom. The molecule has 2 rings (SSSR count). The molecular formula is C16H16N2O3. The van der Waals surface area contributed by atoms with Gasteiger partial charge in [-0.25, -0.2) is 4.79 Å². The van der Waals surface area contributed by atoms with E-state index >= 15 is 0 Å². The van der Waals surface area contributed by atoms with Crippen LogP contribution >= 0.6 is 0 Å². The topological polar surface area (TPSA) is 78.4 Å². The number of nitrogens with one attached hydrogen (secondary N) is 2. The van der Waals surface area contributed by atoms with E-state index in [4.69, 9.17) is 5.11 Å². The second kappa shape index (κ2) is 6.67. The molecule has 2 aromatic rings. The molecule has 0 fully saturated rings. The van der Waals surface area contributed by atoms with Crippen molar-refractivity contribution in [1.29, 1.82) is 0 Å². The van der Waals surface area contributed by atoms with E-state index in [0.717, 1.165) is 5.56 Å². The number of carboxylic acids is 1. The van der Waals surface area contributed by atoms with Crippen LogP contribution < -0.4 is 10.6 Å². The van der Waals surface area contributed by atoms with Crippen LogP contribution in [0.5, 0.6) is 0 Å². The molecule has 21 heavy (non-hydrogen) atoms. The minimum Gasteiger partial charge on any atom is -0.478 e. The van der Waals surface area contributed by atoms with Crippen molar-refractivity contribution in [3.8, 4) is 0 Å². The molecule has 0 aromatic heterocycles. The Bertz CT molecular complexity index is 668. The van der Waals surface area contributed by atoms with Gasteiger partial charge in [-0.1, -0.05) is 18.2 Å². The minimum absolute atomic E-state index is 0.0894. The molecule has 3 N–H and O–H groups in total. The van der Waals surface area contributed by atoms with Gasteiger partial charge in [0.1, 0.15) is 0 Å². The van der Waals surface area contributed by atoms with Crippen LogP contribution in [0.2, 0.25) is 0 Å². The first kappa shape index (κ1) is 14.7. The van der Waals surface area contributed by atoms with Crippen molar-refractivity contribution in [1.82, 2.24) is 5.32 Å². The van der Waals surface area contributed by atoms with Gasteiger partial charge in [0.2, 0.25) is 0 Å². The predicted octanol–water partition coefficient (Wildman–Crippen LogP) is 2.36. The molecule has 0 bridgehead atoms. The zero-order valence-corrected chi connectivity index (χ0v) is 11.6. The highest BCUT2D eigenvalue weighted by molar-refractivity contribution is 6.05. The van der Waals surface area contributed by atoms with Gasteiger partial charge >= 0.3 is 5.97 Å². The van der Waals surface area contributed by atoms with Gasteiger partial charge in [-0.2, -0.15) is 0 Å². The maximum atomic E-state index is 12.1. The molecule has 0 saturated heterocycles. The number of carbonyl (C=O) groups is 2. The number of aromatic carboxylic acids is 1. The van der Waals surface area contributed by atoms with Crippen LogP contribution in [0.1, 0.15) is 26.3 Å². The van der Waals surface area contributed by atoms with Crippen LogP contribution in [0, 0.1) is 0 Å². The normalized spacial score (nSPS) is 10.1. The first-order valence-electron chi connectivity index (χ1n) is 6.48. The predicted molar refractivity (Wildman–Crippen MR) is 80.6 cm³/mol. The smallest absolute Gasteiger partial charge is 0.335 e. The summed E-state index contributed by atoms with van der Waals surface area (Å²) in [6.07, 6.45) is 0. The van der Waals surface area contributed by atoms with Gasteiger partial charge < -0.3 is 15.7 Å². The number of amides is 1. The summed E-state index contributed by atoms with van der Waals surface area (Å²) in [6.45, 7) is 0.707. The van der Waals surface area contributed by atoms with Crippen molar-refractivity contribution in [3.63, 3.8) is 0 Å². The van der Waals surface area contributed by atoms with Crippen LogP contribution in [-0.2, 0) is 6.54 Å². The number of benzene rings is 2. The highest BCUT2D eigenvalue weighted by atomic mass is 16.4. The monoisotopic (exact) mass is 284 g/mol. The van der Waals surface area contributed by atoms with Crippen molar-refractivity contribution in [3.05, 3.63) is 65.2 Å². The van der Waals surface area contributed by atoms with E-state index in [1.807, 2.05) is 25.2 Å². The van der Waals surface area contributed by atoms with Gasteiger partial charge in [0.05, 0.1) is 5.56 Å². The van der Waals surface area contributed by atoms with E-state index in [1.54, 1.807) is 18.2 Å². The fourth-order valence-electron chi connectivity index (χ4n) is 1.96. The van der Waals surface area contributed by atoms with Gasteiger partial charge in [0.15, 0.2) is 0 Å². The first-order valence-corrected chi connectivity index (χ1v) is 6.48. The standard InChI is InChI=1S/C16H16N2O3/c1-17-10-11-4-2-7-14(8-11)18-15(19)12-5-3-6-13(9-12)16(20)21/h2-9,17H,10H2,1H3,(H,18,19)(H,20,21). The van der Waals surface area contributed by atoms with E-state index in [-0.39, 0.29) is 11.5 Å². The van der Waals surface area contributed by atoms with Crippen LogP contribution in [0.25, 0.3) is 0 Å². The highest BCUT2D eigenvalue weighted by Crippen LogP contribution is 2.13. The second-order valence-corrected chi connectivity index (χ2v) is 4.57. The Hall–Kier alpha value is -2.66. The van der Waals surface area contributed by atoms with E-state index < -0.39 is 5.97 Å². The molecular weight excluding hydrogens is 268 g/mol. The average molecular weight is 284 g/mol. The summed E-state index contributed by atoms with van der Waals surface area (Å²) >= 11 is 0. The van der Waals surface area contributed by atoms with Crippen molar-refractivity contribution < 1.29 is 14.7 Å². The molecule has 0 atom stereocenters. The van der Waals surface area contributed by atoms with Gasteiger partial charge in [-0.05, 0) is 42.9 Å². The molecule has 0 aliphatic rings. The summed E-state index contributed by atoms with van der Waals surface area (Å²) in [5.74, 6) is -1.39. The lowest BCUT2D eigenvalue weighted by Gasteiger charge is -2.08.